The molecule has 0 fully saturated rings. The fourth-order valence-corrected chi connectivity index (χ4v) is 1.74. The summed E-state index contributed by atoms with van der Waals surface area (Å²) in [6.07, 6.45) is 1.57. The molecule has 2 aromatic rings. The van der Waals surface area contributed by atoms with E-state index in [-0.39, 0.29) is 5.91 Å². The maximum absolute atomic E-state index is 11.8. The molecule has 0 aliphatic carbocycles. The van der Waals surface area contributed by atoms with Gasteiger partial charge in [-0.3, -0.25) is 4.79 Å². The van der Waals surface area contributed by atoms with Crippen molar-refractivity contribution in [1.82, 2.24) is 15.5 Å². The van der Waals surface area contributed by atoms with Crippen LogP contribution in [0.15, 0.2) is 33.4 Å². The van der Waals surface area contributed by atoms with Crippen LogP contribution in [-0.2, 0) is 6.54 Å². The number of aromatic nitrogens is 2. The van der Waals surface area contributed by atoms with E-state index in [9.17, 15) is 4.79 Å². The van der Waals surface area contributed by atoms with Crippen molar-refractivity contribution in [2.75, 3.05) is 0 Å². The Kier molecular flexibility index (Phi) is 3.53. The molecule has 1 amide bonds. The molecule has 2 heterocycles. The molecule has 88 valence electrons. The molecule has 0 spiro atoms. The Labute approximate surface area is 106 Å². The predicted molar refractivity (Wildman–Crippen MR) is 64.3 cm³/mol. The summed E-state index contributed by atoms with van der Waals surface area (Å²) in [6, 6.07) is 5.29. The van der Waals surface area contributed by atoms with Gasteiger partial charge in [-0.25, -0.2) is 4.98 Å². The van der Waals surface area contributed by atoms with E-state index in [1.54, 1.807) is 31.3 Å². The summed E-state index contributed by atoms with van der Waals surface area (Å²) in [7, 11) is 0. The van der Waals surface area contributed by atoms with Gasteiger partial charge in [0.05, 0.1) is 6.54 Å². The van der Waals surface area contributed by atoms with Gasteiger partial charge in [-0.1, -0.05) is 5.16 Å². The van der Waals surface area contributed by atoms with E-state index in [0.717, 1.165) is 0 Å². The van der Waals surface area contributed by atoms with Gasteiger partial charge >= 0.3 is 0 Å². The minimum atomic E-state index is -0.252. The zero-order valence-electron chi connectivity index (χ0n) is 9.11. The van der Waals surface area contributed by atoms with Gasteiger partial charge in [0.15, 0.2) is 0 Å². The second-order valence-electron chi connectivity index (χ2n) is 3.45. The Morgan fingerprint density at radius 2 is 2.41 bits per heavy atom. The molecule has 0 radical (unpaired) electrons. The molecule has 0 saturated heterocycles. The van der Waals surface area contributed by atoms with Crippen LogP contribution in [0.4, 0.5) is 0 Å². The topological polar surface area (TPSA) is 68.0 Å². The van der Waals surface area contributed by atoms with Crippen molar-refractivity contribution >= 4 is 21.8 Å². The highest BCUT2D eigenvalue weighted by Gasteiger charge is 2.11. The summed E-state index contributed by atoms with van der Waals surface area (Å²) in [4.78, 5) is 15.8. The van der Waals surface area contributed by atoms with Gasteiger partial charge < -0.3 is 9.84 Å². The Morgan fingerprint density at radius 1 is 1.59 bits per heavy atom. The molecule has 0 saturated carbocycles. The Balaban J connectivity index is 2.01. The molecule has 17 heavy (non-hydrogen) atoms. The monoisotopic (exact) mass is 295 g/mol. The third-order valence-electron chi connectivity index (χ3n) is 2.08. The molecule has 0 aliphatic rings. The van der Waals surface area contributed by atoms with Crippen LogP contribution in [0, 0.1) is 6.92 Å². The summed E-state index contributed by atoms with van der Waals surface area (Å²) in [5.41, 5.74) is 1.04. The second kappa shape index (κ2) is 5.09. The van der Waals surface area contributed by atoms with Crippen molar-refractivity contribution in [3.8, 4) is 0 Å². The van der Waals surface area contributed by atoms with Gasteiger partial charge in [-0.15, -0.1) is 0 Å². The highest BCUT2D eigenvalue weighted by atomic mass is 79.9. The zero-order valence-corrected chi connectivity index (χ0v) is 10.7. The SMILES string of the molecule is Cc1cc(CNC(=O)c2ncccc2Br)no1. The molecular formula is C11H10BrN3O2. The lowest BCUT2D eigenvalue weighted by molar-refractivity contribution is 0.0944. The van der Waals surface area contributed by atoms with Gasteiger partial charge in [0, 0.05) is 16.7 Å². The van der Waals surface area contributed by atoms with Crippen LogP contribution < -0.4 is 5.32 Å². The smallest absolute Gasteiger partial charge is 0.271 e. The molecule has 6 heteroatoms. The van der Waals surface area contributed by atoms with E-state index in [1.807, 2.05) is 0 Å². The molecule has 0 bridgehead atoms. The first-order valence-electron chi connectivity index (χ1n) is 4.98. The molecule has 0 aliphatic heterocycles. The average molecular weight is 296 g/mol. The fraction of sp³-hybridized carbons (Fsp3) is 0.182. The van der Waals surface area contributed by atoms with E-state index in [2.05, 4.69) is 31.4 Å². The van der Waals surface area contributed by atoms with Crippen molar-refractivity contribution in [3.05, 3.63) is 46.0 Å². The summed E-state index contributed by atoms with van der Waals surface area (Å²) in [5.74, 6) is 0.464. The van der Waals surface area contributed by atoms with Crippen molar-refractivity contribution in [3.63, 3.8) is 0 Å². The lowest BCUT2D eigenvalue weighted by Crippen LogP contribution is -2.24. The number of hydrogen-bond acceptors (Lipinski definition) is 4. The number of nitrogens with zero attached hydrogens (tertiary/aromatic N) is 2. The van der Waals surface area contributed by atoms with E-state index < -0.39 is 0 Å². The molecule has 2 aromatic heterocycles. The number of carbonyl (C=O) groups is 1. The van der Waals surface area contributed by atoms with Crippen molar-refractivity contribution in [1.29, 1.82) is 0 Å². The number of amides is 1. The van der Waals surface area contributed by atoms with E-state index in [1.165, 1.54) is 0 Å². The molecular weight excluding hydrogens is 286 g/mol. The first kappa shape index (κ1) is 11.8. The number of nitrogens with one attached hydrogen (secondary N) is 1. The molecule has 1 N–H and O–H groups in total. The first-order valence-corrected chi connectivity index (χ1v) is 5.77. The van der Waals surface area contributed by atoms with Gasteiger partial charge in [0.25, 0.3) is 5.91 Å². The molecule has 0 unspecified atom stereocenters. The number of carbonyl (C=O) groups excluding carboxylic acids is 1. The average Bonchev–Trinajstić information content (AvgIpc) is 2.73. The van der Waals surface area contributed by atoms with Crippen molar-refractivity contribution in [2.24, 2.45) is 0 Å². The third-order valence-corrected chi connectivity index (χ3v) is 2.72. The quantitative estimate of drug-likeness (QED) is 0.941. The summed E-state index contributed by atoms with van der Waals surface area (Å²) in [6.45, 7) is 2.12. The highest BCUT2D eigenvalue weighted by molar-refractivity contribution is 9.10. The Bertz CT molecular complexity index is 539. The largest absolute Gasteiger partial charge is 0.361 e. The summed E-state index contributed by atoms with van der Waals surface area (Å²) < 4.78 is 5.56. The van der Waals surface area contributed by atoms with Crippen LogP contribution in [0.2, 0.25) is 0 Å². The number of hydrogen-bond donors (Lipinski definition) is 1. The number of aryl methyl sites for hydroxylation is 1. The maximum Gasteiger partial charge on any atom is 0.271 e. The van der Waals surface area contributed by atoms with E-state index in [0.29, 0.717) is 28.2 Å². The van der Waals surface area contributed by atoms with Gasteiger partial charge in [0.1, 0.15) is 17.1 Å². The molecule has 5 nitrogen and oxygen atoms in total. The molecule has 0 atom stereocenters. The summed E-state index contributed by atoms with van der Waals surface area (Å²) >= 11 is 3.27. The van der Waals surface area contributed by atoms with Crippen LogP contribution >= 0.6 is 15.9 Å². The number of rotatable bonds is 3. The highest BCUT2D eigenvalue weighted by Crippen LogP contribution is 2.13. The van der Waals surface area contributed by atoms with Crippen LogP contribution in [-0.4, -0.2) is 16.0 Å². The Hall–Kier alpha value is -1.69. The lowest BCUT2D eigenvalue weighted by atomic mass is 10.3. The number of halogens is 1. The van der Waals surface area contributed by atoms with Crippen LogP contribution in [0.1, 0.15) is 21.9 Å². The van der Waals surface area contributed by atoms with Gasteiger partial charge in [-0.05, 0) is 35.0 Å². The van der Waals surface area contributed by atoms with E-state index >= 15 is 0 Å². The first-order chi connectivity index (χ1) is 8.16. The van der Waals surface area contributed by atoms with Gasteiger partial charge in [-0.2, -0.15) is 0 Å². The summed E-state index contributed by atoms with van der Waals surface area (Å²) in [5, 5.41) is 6.50. The Morgan fingerprint density at radius 3 is 3.06 bits per heavy atom. The number of pyridine rings is 1. The second-order valence-corrected chi connectivity index (χ2v) is 4.30. The molecule has 0 aromatic carbocycles. The third kappa shape index (κ3) is 2.91. The minimum Gasteiger partial charge on any atom is -0.361 e. The zero-order chi connectivity index (χ0) is 12.3. The van der Waals surface area contributed by atoms with Crippen LogP contribution in [0.5, 0.6) is 0 Å². The van der Waals surface area contributed by atoms with Crippen molar-refractivity contribution < 1.29 is 9.32 Å². The van der Waals surface area contributed by atoms with Crippen LogP contribution in [0.3, 0.4) is 0 Å². The normalized spacial score (nSPS) is 10.2. The van der Waals surface area contributed by atoms with Crippen molar-refractivity contribution in [2.45, 2.75) is 13.5 Å². The molecule has 2 rings (SSSR count). The predicted octanol–water partition coefficient (Wildman–Crippen LogP) is 2.07. The lowest BCUT2D eigenvalue weighted by Gasteiger charge is -2.03. The fourth-order valence-electron chi connectivity index (χ4n) is 1.31. The minimum absolute atomic E-state index is 0.252. The van der Waals surface area contributed by atoms with Gasteiger partial charge in [0.2, 0.25) is 0 Å². The standard InChI is InChI=1S/C11H10BrN3O2/c1-7-5-8(15-17-7)6-14-11(16)10-9(12)3-2-4-13-10/h2-5H,6H2,1H3,(H,14,16). The van der Waals surface area contributed by atoms with E-state index in [4.69, 9.17) is 4.52 Å². The maximum atomic E-state index is 11.8. The van der Waals surface area contributed by atoms with Crippen LogP contribution in [0.25, 0.3) is 0 Å².